The molecule has 13 heteroatoms. The largest absolute Gasteiger partial charge is 0.493 e. The lowest BCUT2D eigenvalue weighted by Gasteiger charge is -2.32. The molecule has 1 N–H and O–H groups in total. The molecule has 6 aliphatic heterocycles. The predicted molar refractivity (Wildman–Crippen MR) is 243 cm³/mol. The Hall–Kier alpha value is -6.54. The fourth-order valence-corrected chi connectivity index (χ4v) is 8.29. The second kappa shape index (κ2) is 21.9. The first-order valence-electron chi connectivity index (χ1n) is 22.4. The highest BCUT2D eigenvalue weighted by Gasteiger charge is 2.31. The minimum absolute atomic E-state index is 0.0450. The van der Waals surface area contributed by atoms with Crippen LogP contribution in [0.25, 0.3) is 0 Å². The van der Waals surface area contributed by atoms with Gasteiger partial charge in [-0.05, 0) is 72.5 Å². The molecule has 0 spiro atoms. The molecule has 6 aliphatic rings. The lowest BCUT2D eigenvalue weighted by Crippen LogP contribution is -2.44. The zero-order chi connectivity index (χ0) is 45.0. The van der Waals surface area contributed by atoms with E-state index >= 15 is 0 Å². The number of aliphatic hydroxyl groups is 1. The zero-order valence-corrected chi connectivity index (χ0v) is 36.5. The van der Waals surface area contributed by atoms with E-state index in [4.69, 9.17) is 23.7 Å². The fourth-order valence-electron chi connectivity index (χ4n) is 8.29. The van der Waals surface area contributed by atoms with Crippen LogP contribution >= 0.6 is 0 Å². The van der Waals surface area contributed by atoms with E-state index in [0.29, 0.717) is 94.6 Å². The highest BCUT2D eigenvalue weighted by molar-refractivity contribution is 6.00. The van der Waals surface area contributed by atoms with Crippen molar-refractivity contribution in [1.82, 2.24) is 14.7 Å². The number of nitrogens with zero attached hydrogens (tertiary/aromatic N) is 3. The Kier molecular flexibility index (Phi) is 15.2. The molecule has 0 aliphatic carbocycles. The molecule has 1 fully saturated rings. The summed E-state index contributed by atoms with van der Waals surface area (Å²) in [4.78, 5) is 53.3. The van der Waals surface area contributed by atoms with Gasteiger partial charge < -0.3 is 38.6 Å². The van der Waals surface area contributed by atoms with Crippen molar-refractivity contribution in [2.24, 2.45) is 0 Å². The number of β-amino-alcohol motifs (C(OH)–C–C–N with tert-alkyl or cyclic N) is 1. The molecular weight excluding hydrogens is 827 g/mol. The van der Waals surface area contributed by atoms with Gasteiger partial charge in [0.15, 0.2) is 11.6 Å². The number of hydrogen-bond donors (Lipinski definition) is 1. The SMILES string of the molecule is O=C1CCCOc2ccccc21.O=C1CCOc2ccccc21.O=C1c2ccccc2OCCN1CC(O)CN1CCc2ccccc2C1.O=C1c2ccccc2OCCN1CC1CO1. The van der Waals surface area contributed by atoms with Crippen molar-refractivity contribution in [1.29, 1.82) is 0 Å². The number of rotatable bonds is 6. The van der Waals surface area contributed by atoms with E-state index in [1.807, 2.05) is 89.8 Å². The normalized spacial score (nSPS) is 18.8. The van der Waals surface area contributed by atoms with Crippen molar-refractivity contribution in [3.63, 3.8) is 0 Å². The molecule has 5 aromatic rings. The number of amides is 2. The number of aliphatic hydroxyl groups excluding tert-OH is 1. The Morgan fingerprint density at radius 1 is 0.508 bits per heavy atom. The van der Waals surface area contributed by atoms with E-state index in [9.17, 15) is 24.3 Å². The van der Waals surface area contributed by atoms with Crippen molar-refractivity contribution < 1.29 is 48.0 Å². The smallest absolute Gasteiger partial charge is 0.257 e. The number of para-hydroxylation sites is 4. The van der Waals surface area contributed by atoms with Crippen LogP contribution in [0.2, 0.25) is 0 Å². The second-order valence-corrected chi connectivity index (χ2v) is 16.4. The summed E-state index contributed by atoms with van der Waals surface area (Å²) in [6, 6.07) is 37.9. The minimum Gasteiger partial charge on any atom is -0.493 e. The van der Waals surface area contributed by atoms with Gasteiger partial charge in [-0.25, -0.2) is 0 Å². The van der Waals surface area contributed by atoms with E-state index in [1.54, 1.807) is 17.0 Å². The Labute approximate surface area is 379 Å². The van der Waals surface area contributed by atoms with Crippen LogP contribution in [-0.4, -0.2) is 128 Å². The Morgan fingerprint density at radius 2 is 0.985 bits per heavy atom. The maximum atomic E-state index is 12.7. The van der Waals surface area contributed by atoms with E-state index in [0.717, 1.165) is 55.2 Å². The van der Waals surface area contributed by atoms with E-state index in [-0.39, 0.29) is 29.5 Å². The molecule has 2 atom stereocenters. The molecule has 2 unspecified atom stereocenters. The highest BCUT2D eigenvalue weighted by Crippen LogP contribution is 2.27. The van der Waals surface area contributed by atoms with Crippen molar-refractivity contribution in [3.05, 3.63) is 155 Å². The van der Waals surface area contributed by atoms with Crippen LogP contribution in [-0.2, 0) is 17.7 Å². The van der Waals surface area contributed by atoms with Gasteiger partial charge in [0, 0.05) is 45.6 Å². The Bertz CT molecular complexity index is 2450. The van der Waals surface area contributed by atoms with Crippen LogP contribution in [0.4, 0.5) is 0 Å². The topological polar surface area (TPSA) is 148 Å². The minimum atomic E-state index is -0.575. The Balaban J connectivity index is 0.000000126. The maximum Gasteiger partial charge on any atom is 0.257 e. The van der Waals surface area contributed by atoms with Gasteiger partial charge in [0.05, 0.1) is 67.4 Å². The molecule has 1 saturated heterocycles. The number of Topliss-reactive ketones (excluding diaryl/α,β-unsaturated/α-hetero) is 2. The van der Waals surface area contributed by atoms with Gasteiger partial charge in [0.1, 0.15) is 36.2 Å². The van der Waals surface area contributed by atoms with Crippen LogP contribution in [0.5, 0.6) is 23.0 Å². The molecule has 65 heavy (non-hydrogen) atoms. The van der Waals surface area contributed by atoms with Gasteiger partial charge in [-0.3, -0.25) is 24.1 Å². The van der Waals surface area contributed by atoms with Crippen molar-refractivity contribution in [2.75, 3.05) is 72.3 Å². The summed E-state index contributed by atoms with van der Waals surface area (Å²) in [5, 5.41) is 10.6. The quantitative estimate of drug-likeness (QED) is 0.185. The molecule has 13 nitrogen and oxygen atoms in total. The predicted octanol–water partition coefficient (Wildman–Crippen LogP) is 6.55. The number of carbonyl (C=O) groups is 4. The summed E-state index contributed by atoms with van der Waals surface area (Å²) >= 11 is 0. The number of carbonyl (C=O) groups excluding carboxylic acids is 4. The van der Waals surface area contributed by atoms with Gasteiger partial charge in [-0.1, -0.05) is 72.8 Å². The molecular formula is C52H55N3O10. The van der Waals surface area contributed by atoms with Gasteiger partial charge in [0.2, 0.25) is 0 Å². The lowest BCUT2D eigenvalue weighted by atomic mass is 10.00. The van der Waals surface area contributed by atoms with E-state index in [1.165, 1.54) is 11.1 Å². The summed E-state index contributed by atoms with van der Waals surface area (Å²) in [7, 11) is 0. The third kappa shape index (κ3) is 12.0. The van der Waals surface area contributed by atoms with E-state index in [2.05, 4.69) is 29.2 Å². The van der Waals surface area contributed by atoms with Crippen LogP contribution in [0.1, 0.15) is 71.8 Å². The second-order valence-electron chi connectivity index (χ2n) is 16.4. The summed E-state index contributed by atoms with van der Waals surface area (Å²) in [6.45, 7) is 7.45. The van der Waals surface area contributed by atoms with Crippen molar-refractivity contribution in [3.8, 4) is 23.0 Å². The van der Waals surface area contributed by atoms with Gasteiger partial charge in [-0.15, -0.1) is 0 Å². The standard InChI is InChI=1S/C21H24N2O3.C12H13NO3.C10H10O2.C9H8O2/c24-18(14-22-10-9-16-5-1-2-6-17(16)13-22)15-23-11-12-26-20-8-4-3-7-19(20)21(23)25;14-12-10-3-1-2-4-11(10)15-6-5-13(12)7-9-8-16-9;11-9-5-3-7-12-10-6-2-1-4-8(9)10;10-8-5-6-11-9-4-2-1-3-7(8)9/h1-8,18,24H,9-15H2;1-4,9H,5-8H2;1-2,4,6H,3,5,7H2;1-4H,5-6H2. The molecule has 0 bridgehead atoms. The summed E-state index contributed by atoms with van der Waals surface area (Å²) in [6.07, 6.45) is 2.61. The number of epoxide rings is 1. The monoisotopic (exact) mass is 881 g/mol. The highest BCUT2D eigenvalue weighted by atomic mass is 16.6. The number of benzene rings is 5. The molecule has 0 saturated carbocycles. The fraction of sp³-hybridized carbons (Fsp3) is 0.346. The number of fused-ring (bicyclic) bond motifs is 5. The number of ketones is 2. The summed E-state index contributed by atoms with van der Waals surface area (Å²) in [5.41, 5.74) is 5.41. The van der Waals surface area contributed by atoms with Crippen LogP contribution in [0, 0.1) is 0 Å². The third-order valence-electron chi connectivity index (χ3n) is 11.8. The van der Waals surface area contributed by atoms with Crippen LogP contribution in [0.15, 0.2) is 121 Å². The van der Waals surface area contributed by atoms with Crippen molar-refractivity contribution in [2.45, 2.75) is 44.4 Å². The molecule has 6 heterocycles. The first kappa shape index (κ1) is 45.0. The van der Waals surface area contributed by atoms with Gasteiger partial charge in [0.25, 0.3) is 11.8 Å². The van der Waals surface area contributed by atoms with Crippen LogP contribution < -0.4 is 18.9 Å². The van der Waals surface area contributed by atoms with Gasteiger partial charge in [-0.2, -0.15) is 0 Å². The lowest BCUT2D eigenvalue weighted by molar-refractivity contribution is 0.0501. The zero-order valence-electron chi connectivity index (χ0n) is 36.5. The van der Waals surface area contributed by atoms with Crippen molar-refractivity contribution >= 4 is 23.4 Å². The number of ether oxygens (including phenoxy) is 5. The molecule has 11 rings (SSSR count). The first-order valence-corrected chi connectivity index (χ1v) is 22.4. The summed E-state index contributed by atoms with van der Waals surface area (Å²) < 4.78 is 27.0. The summed E-state index contributed by atoms with van der Waals surface area (Å²) in [5.74, 6) is 3.14. The number of hydrogen-bond acceptors (Lipinski definition) is 11. The average Bonchev–Trinajstić information content (AvgIpc) is 4.21. The molecule has 0 aromatic heterocycles. The molecule has 5 aromatic carbocycles. The average molecular weight is 882 g/mol. The third-order valence-corrected chi connectivity index (χ3v) is 11.8. The molecule has 0 radical (unpaired) electrons. The molecule has 2 amide bonds. The first-order chi connectivity index (χ1) is 31.8. The Morgan fingerprint density at radius 3 is 1.60 bits per heavy atom. The molecule has 338 valence electrons. The van der Waals surface area contributed by atoms with Gasteiger partial charge >= 0.3 is 0 Å². The van der Waals surface area contributed by atoms with E-state index < -0.39 is 6.10 Å². The maximum absolute atomic E-state index is 12.7. The van der Waals surface area contributed by atoms with Crippen LogP contribution in [0.3, 0.4) is 0 Å².